The predicted octanol–water partition coefficient (Wildman–Crippen LogP) is 2.73. The Morgan fingerprint density at radius 2 is 2.00 bits per heavy atom. The minimum Gasteiger partial charge on any atom is -0.462 e. The average molecular weight is 409 g/mol. The quantitative estimate of drug-likeness (QED) is 0.601. The Morgan fingerprint density at radius 1 is 1.23 bits per heavy atom. The molecule has 1 aliphatic heterocycles. The summed E-state index contributed by atoms with van der Waals surface area (Å²) in [5.41, 5.74) is 4.26. The number of anilines is 1. The van der Waals surface area contributed by atoms with Crippen molar-refractivity contribution < 1.29 is 9.53 Å². The maximum Gasteiger partial charge on any atom is 0.341 e. The molecule has 4 rings (SSSR count). The van der Waals surface area contributed by atoms with Gasteiger partial charge < -0.3 is 9.64 Å². The van der Waals surface area contributed by atoms with E-state index in [1.54, 1.807) is 17.1 Å². The lowest BCUT2D eigenvalue weighted by Gasteiger charge is -2.39. The second-order valence-electron chi connectivity index (χ2n) is 7.63. The molecule has 0 spiro atoms. The molecule has 0 saturated carbocycles. The van der Waals surface area contributed by atoms with Crippen molar-refractivity contribution in [2.75, 3.05) is 37.7 Å². The molecule has 3 aromatic rings. The van der Waals surface area contributed by atoms with Crippen molar-refractivity contribution in [3.8, 4) is 0 Å². The highest BCUT2D eigenvalue weighted by Gasteiger charge is 2.28. The van der Waals surface area contributed by atoms with Crippen LogP contribution in [0.5, 0.6) is 0 Å². The van der Waals surface area contributed by atoms with E-state index in [9.17, 15) is 4.79 Å². The molecule has 1 saturated heterocycles. The Balaban J connectivity index is 1.64. The highest BCUT2D eigenvalue weighted by Crippen LogP contribution is 2.34. The zero-order chi connectivity index (χ0) is 21.3. The van der Waals surface area contributed by atoms with Gasteiger partial charge >= 0.3 is 5.97 Å². The largest absolute Gasteiger partial charge is 0.462 e. The molecule has 3 aromatic heterocycles. The summed E-state index contributed by atoms with van der Waals surface area (Å²) in [5.74, 6) is -0.337. The Bertz CT molecular complexity index is 1040. The number of esters is 1. The fourth-order valence-corrected chi connectivity index (χ4v) is 4.25. The molecule has 0 radical (unpaired) electrons. The first kappa shape index (κ1) is 20.3. The number of carbonyl (C=O) groups excluding carboxylic acids is 1. The molecule has 8 nitrogen and oxygen atoms in total. The van der Waals surface area contributed by atoms with Gasteiger partial charge in [0.05, 0.1) is 23.4 Å². The molecule has 0 bridgehead atoms. The first-order chi connectivity index (χ1) is 14.5. The molecule has 1 atom stereocenters. The molecule has 8 heteroatoms. The molecule has 0 amide bonds. The molecular weight excluding hydrogens is 380 g/mol. The monoisotopic (exact) mass is 408 g/mol. The molecular formula is C22H28N6O2. The van der Waals surface area contributed by atoms with Gasteiger partial charge in [-0.15, -0.1) is 0 Å². The van der Waals surface area contributed by atoms with E-state index in [1.165, 1.54) is 5.56 Å². The van der Waals surface area contributed by atoms with E-state index in [2.05, 4.69) is 37.9 Å². The van der Waals surface area contributed by atoms with Gasteiger partial charge in [-0.3, -0.25) is 14.6 Å². The van der Waals surface area contributed by atoms with E-state index in [1.807, 2.05) is 33.2 Å². The summed E-state index contributed by atoms with van der Waals surface area (Å²) >= 11 is 0. The van der Waals surface area contributed by atoms with Crippen LogP contribution < -0.4 is 4.90 Å². The van der Waals surface area contributed by atoms with E-state index >= 15 is 0 Å². The van der Waals surface area contributed by atoms with Gasteiger partial charge in [-0.25, -0.2) is 9.78 Å². The van der Waals surface area contributed by atoms with E-state index in [0.29, 0.717) is 18.2 Å². The maximum absolute atomic E-state index is 12.7. The molecule has 4 heterocycles. The van der Waals surface area contributed by atoms with E-state index in [0.717, 1.165) is 48.6 Å². The Labute approximate surface area is 176 Å². The third-order valence-corrected chi connectivity index (χ3v) is 5.84. The summed E-state index contributed by atoms with van der Waals surface area (Å²) in [6.07, 6.45) is 5.36. The molecule has 1 aliphatic rings. The van der Waals surface area contributed by atoms with Crippen molar-refractivity contribution >= 4 is 22.7 Å². The summed E-state index contributed by atoms with van der Waals surface area (Å²) in [6, 6.07) is 4.39. The Kier molecular flexibility index (Phi) is 5.67. The lowest BCUT2D eigenvalue weighted by Crippen LogP contribution is -2.47. The topological polar surface area (TPSA) is 76.4 Å². The second kappa shape index (κ2) is 8.39. The molecule has 30 heavy (non-hydrogen) atoms. The number of piperazine rings is 1. The number of aryl methyl sites for hydroxylation is 2. The first-order valence-corrected chi connectivity index (χ1v) is 10.4. The van der Waals surface area contributed by atoms with Crippen molar-refractivity contribution in [1.29, 1.82) is 0 Å². The number of hydrogen-bond donors (Lipinski definition) is 0. The van der Waals surface area contributed by atoms with Crippen LogP contribution in [0.3, 0.4) is 0 Å². The lowest BCUT2D eigenvalue weighted by atomic mass is 10.1. The van der Waals surface area contributed by atoms with Gasteiger partial charge in [0.1, 0.15) is 5.56 Å². The van der Waals surface area contributed by atoms with Crippen LogP contribution in [0, 0.1) is 6.92 Å². The van der Waals surface area contributed by atoms with Crippen LogP contribution in [-0.4, -0.2) is 63.4 Å². The van der Waals surface area contributed by atoms with Crippen LogP contribution in [0.4, 0.5) is 5.69 Å². The minimum absolute atomic E-state index is 0.294. The maximum atomic E-state index is 12.7. The summed E-state index contributed by atoms with van der Waals surface area (Å²) in [5, 5.41) is 5.46. The fraction of sp³-hybridized carbons (Fsp3) is 0.455. The second-order valence-corrected chi connectivity index (χ2v) is 7.63. The van der Waals surface area contributed by atoms with Gasteiger partial charge in [0.25, 0.3) is 0 Å². The van der Waals surface area contributed by atoms with Crippen LogP contribution in [0.25, 0.3) is 11.0 Å². The SMILES string of the molecule is CCOC(=O)c1cnc2c(c(C)nn2C)c1N1CCN(C(C)c2cccnc2)CC1. The predicted molar refractivity (Wildman–Crippen MR) is 116 cm³/mol. The number of fused-ring (bicyclic) bond motifs is 1. The standard InChI is InChI=1S/C22H28N6O2/c1-5-30-22(29)18-14-24-21-19(15(2)25-26(21)4)20(18)28-11-9-27(10-12-28)16(3)17-7-6-8-23-13-17/h6-8,13-14,16H,5,9-12H2,1-4H3. The molecule has 0 aliphatic carbocycles. The third-order valence-electron chi connectivity index (χ3n) is 5.84. The van der Waals surface area contributed by atoms with Gasteiger partial charge in [0, 0.05) is 57.9 Å². The number of pyridine rings is 2. The smallest absolute Gasteiger partial charge is 0.341 e. The Hall–Kier alpha value is -3.00. The number of rotatable bonds is 5. The van der Waals surface area contributed by atoms with Gasteiger partial charge in [-0.2, -0.15) is 5.10 Å². The zero-order valence-electron chi connectivity index (χ0n) is 18.0. The Morgan fingerprint density at radius 3 is 2.67 bits per heavy atom. The average Bonchev–Trinajstić information content (AvgIpc) is 3.07. The number of ether oxygens (including phenoxy) is 1. The van der Waals surface area contributed by atoms with Gasteiger partial charge in [-0.1, -0.05) is 6.07 Å². The zero-order valence-corrected chi connectivity index (χ0v) is 18.0. The van der Waals surface area contributed by atoms with Crippen LogP contribution in [0.15, 0.2) is 30.7 Å². The van der Waals surface area contributed by atoms with Crippen LogP contribution in [-0.2, 0) is 11.8 Å². The molecule has 1 fully saturated rings. The molecule has 0 aromatic carbocycles. The van der Waals surface area contributed by atoms with Crippen LogP contribution in [0.2, 0.25) is 0 Å². The van der Waals surface area contributed by atoms with E-state index in [4.69, 9.17) is 4.74 Å². The highest BCUT2D eigenvalue weighted by molar-refractivity contribution is 6.05. The number of aromatic nitrogens is 4. The number of nitrogens with zero attached hydrogens (tertiary/aromatic N) is 6. The van der Waals surface area contributed by atoms with E-state index in [-0.39, 0.29) is 5.97 Å². The van der Waals surface area contributed by atoms with Crippen LogP contribution in [0.1, 0.15) is 41.5 Å². The number of carbonyl (C=O) groups is 1. The van der Waals surface area contributed by atoms with E-state index < -0.39 is 0 Å². The summed E-state index contributed by atoms with van der Waals surface area (Å²) < 4.78 is 7.09. The third kappa shape index (κ3) is 3.63. The van der Waals surface area contributed by atoms with Crippen molar-refractivity contribution in [2.45, 2.75) is 26.8 Å². The van der Waals surface area contributed by atoms with Gasteiger partial charge in [0.2, 0.25) is 0 Å². The molecule has 0 N–H and O–H groups in total. The van der Waals surface area contributed by atoms with Crippen molar-refractivity contribution in [3.63, 3.8) is 0 Å². The van der Waals surface area contributed by atoms with Crippen molar-refractivity contribution in [1.82, 2.24) is 24.6 Å². The minimum atomic E-state index is -0.337. The number of hydrogen-bond acceptors (Lipinski definition) is 7. The van der Waals surface area contributed by atoms with Gasteiger partial charge in [0.15, 0.2) is 5.65 Å². The van der Waals surface area contributed by atoms with Crippen molar-refractivity contribution in [2.24, 2.45) is 7.05 Å². The summed E-state index contributed by atoms with van der Waals surface area (Å²) in [4.78, 5) is 26.2. The lowest BCUT2D eigenvalue weighted by molar-refractivity contribution is 0.0526. The van der Waals surface area contributed by atoms with Crippen molar-refractivity contribution in [3.05, 3.63) is 47.5 Å². The normalized spacial score (nSPS) is 16.1. The molecule has 158 valence electrons. The first-order valence-electron chi connectivity index (χ1n) is 10.4. The van der Waals surface area contributed by atoms with Crippen LogP contribution >= 0.6 is 0 Å². The van der Waals surface area contributed by atoms with Gasteiger partial charge in [-0.05, 0) is 32.4 Å². The summed E-state index contributed by atoms with van der Waals surface area (Å²) in [7, 11) is 1.88. The highest BCUT2D eigenvalue weighted by atomic mass is 16.5. The molecule has 1 unspecified atom stereocenters. The fourth-order valence-electron chi connectivity index (χ4n) is 4.25. The summed E-state index contributed by atoms with van der Waals surface area (Å²) in [6.45, 7) is 9.73.